The minimum absolute atomic E-state index is 0.0221. The van der Waals surface area contributed by atoms with Crippen molar-refractivity contribution in [2.75, 3.05) is 33.2 Å². The lowest BCUT2D eigenvalue weighted by molar-refractivity contribution is -0.138. The Bertz CT molecular complexity index is 525. The molecular weight excluding hydrogens is 323 g/mol. The number of hydrogen-bond acceptors (Lipinski definition) is 3. The van der Waals surface area contributed by atoms with Crippen LogP contribution in [0.15, 0.2) is 18.2 Å². The third kappa shape index (κ3) is 4.51. The molecule has 1 aromatic rings. The summed E-state index contributed by atoms with van der Waals surface area (Å²) in [5, 5.41) is 1.00. The van der Waals surface area contributed by atoms with Crippen LogP contribution in [0, 0.1) is 0 Å². The van der Waals surface area contributed by atoms with Gasteiger partial charge in [-0.3, -0.25) is 4.79 Å². The van der Waals surface area contributed by atoms with E-state index >= 15 is 0 Å². The van der Waals surface area contributed by atoms with E-state index < -0.39 is 6.10 Å². The standard InChI is InChI=1S/C16H22Cl2N2O2/c1-3-14(22-15-11-12(17)5-6-13(15)18)16(21)20-8-4-7-19(2)9-10-20/h5-6,11,14H,3-4,7-10H2,1-2H3/t14-/m0/s1. The Kier molecular flexibility index (Phi) is 6.36. The van der Waals surface area contributed by atoms with Crippen LogP contribution >= 0.6 is 23.2 Å². The molecule has 0 spiro atoms. The van der Waals surface area contributed by atoms with Gasteiger partial charge in [-0.05, 0) is 38.6 Å². The summed E-state index contributed by atoms with van der Waals surface area (Å²) in [6.45, 7) is 5.34. The van der Waals surface area contributed by atoms with E-state index in [4.69, 9.17) is 27.9 Å². The molecule has 0 unspecified atom stereocenters. The van der Waals surface area contributed by atoms with Gasteiger partial charge in [0.2, 0.25) is 0 Å². The first-order valence-corrected chi connectivity index (χ1v) is 8.36. The van der Waals surface area contributed by atoms with E-state index in [1.807, 2.05) is 11.8 Å². The highest BCUT2D eigenvalue weighted by molar-refractivity contribution is 6.34. The van der Waals surface area contributed by atoms with Gasteiger partial charge < -0.3 is 14.5 Å². The van der Waals surface area contributed by atoms with E-state index in [-0.39, 0.29) is 5.91 Å². The van der Waals surface area contributed by atoms with Gasteiger partial charge in [-0.2, -0.15) is 0 Å². The largest absolute Gasteiger partial charge is 0.479 e. The van der Waals surface area contributed by atoms with E-state index in [9.17, 15) is 4.79 Å². The first kappa shape index (κ1) is 17.4. The van der Waals surface area contributed by atoms with Crippen LogP contribution in [0.4, 0.5) is 0 Å². The number of carbonyl (C=O) groups excluding carboxylic acids is 1. The third-order valence-corrected chi connectivity index (χ3v) is 4.39. The Balaban J connectivity index is 2.07. The number of rotatable bonds is 4. The third-order valence-electron chi connectivity index (χ3n) is 3.84. The number of hydrogen-bond donors (Lipinski definition) is 0. The van der Waals surface area contributed by atoms with Crippen molar-refractivity contribution in [3.8, 4) is 5.75 Å². The maximum atomic E-state index is 12.7. The average molecular weight is 345 g/mol. The lowest BCUT2D eigenvalue weighted by atomic mass is 10.2. The van der Waals surface area contributed by atoms with E-state index in [2.05, 4.69) is 11.9 Å². The molecule has 0 bridgehead atoms. The Morgan fingerprint density at radius 1 is 1.27 bits per heavy atom. The van der Waals surface area contributed by atoms with Gasteiger partial charge in [-0.1, -0.05) is 30.1 Å². The van der Waals surface area contributed by atoms with Crippen molar-refractivity contribution in [3.05, 3.63) is 28.2 Å². The van der Waals surface area contributed by atoms with Crippen LogP contribution < -0.4 is 4.74 Å². The quantitative estimate of drug-likeness (QED) is 0.839. The number of halogens is 2. The fourth-order valence-electron chi connectivity index (χ4n) is 2.50. The lowest BCUT2D eigenvalue weighted by Crippen LogP contribution is -2.43. The molecule has 1 amide bonds. The average Bonchev–Trinajstić information content (AvgIpc) is 2.72. The molecule has 1 aromatic carbocycles. The summed E-state index contributed by atoms with van der Waals surface area (Å²) in [5.74, 6) is 0.482. The number of ether oxygens (including phenoxy) is 1. The van der Waals surface area contributed by atoms with Crippen LogP contribution in [0.25, 0.3) is 0 Å². The van der Waals surface area contributed by atoms with Crippen molar-refractivity contribution in [2.24, 2.45) is 0 Å². The Morgan fingerprint density at radius 3 is 2.77 bits per heavy atom. The molecule has 0 aliphatic carbocycles. The van der Waals surface area contributed by atoms with Crippen molar-refractivity contribution >= 4 is 29.1 Å². The monoisotopic (exact) mass is 344 g/mol. The van der Waals surface area contributed by atoms with E-state index in [0.29, 0.717) is 22.2 Å². The van der Waals surface area contributed by atoms with Crippen molar-refractivity contribution in [1.29, 1.82) is 0 Å². The van der Waals surface area contributed by atoms with Gasteiger partial charge in [0.25, 0.3) is 5.91 Å². The summed E-state index contributed by atoms with van der Waals surface area (Å²) in [6.07, 6.45) is 1.05. The molecule has 1 saturated heterocycles. The highest BCUT2D eigenvalue weighted by atomic mass is 35.5. The Hall–Kier alpha value is -0.970. The molecule has 0 saturated carbocycles. The SMILES string of the molecule is CC[C@H](Oc1cc(Cl)ccc1Cl)C(=O)N1CCCN(C)CC1. The van der Waals surface area contributed by atoms with E-state index in [1.165, 1.54) is 0 Å². The highest BCUT2D eigenvalue weighted by Crippen LogP contribution is 2.29. The minimum atomic E-state index is -0.528. The molecule has 0 aromatic heterocycles. The first-order valence-electron chi connectivity index (χ1n) is 7.60. The number of nitrogens with zero attached hydrogens (tertiary/aromatic N) is 2. The molecule has 1 heterocycles. The zero-order valence-electron chi connectivity index (χ0n) is 13.0. The van der Waals surface area contributed by atoms with Gasteiger partial charge in [0.15, 0.2) is 6.10 Å². The molecule has 1 fully saturated rings. The van der Waals surface area contributed by atoms with Crippen molar-refractivity contribution in [3.63, 3.8) is 0 Å². The Morgan fingerprint density at radius 2 is 2.05 bits per heavy atom. The molecule has 2 rings (SSSR count). The number of carbonyl (C=O) groups is 1. The van der Waals surface area contributed by atoms with Crippen LogP contribution in [0.5, 0.6) is 5.75 Å². The topological polar surface area (TPSA) is 32.8 Å². The van der Waals surface area contributed by atoms with E-state index in [0.717, 1.165) is 32.6 Å². The van der Waals surface area contributed by atoms with Gasteiger partial charge in [-0.15, -0.1) is 0 Å². The van der Waals surface area contributed by atoms with Gasteiger partial charge >= 0.3 is 0 Å². The summed E-state index contributed by atoms with van der Waals surface area (Å²) >= 11 is 12.1. The van der Waals surface area contributed by atoms with Crippen molar-refractivity contribution in [2.45, 2.75) is 25.9 Å². The zero-order chi connectivity index (χ0) is 16.1. The number of amides is 1. The van der Waals surface area contributed by atoms with Gasteiger partial charge in [0.1, 0.15) is 5.75 Å². The molecule has 1 aliphatic heterocycles. The molecular formula is C16H22Cl2N2O2. The fraction of sp³-hybridized carbons (Fsp3) is 0.562. The van der Waals surface area contributed by atoms with E-state index in [1.54, 1.807) is 18.2 Å². The van der Waals surface area contributed by atoms with Crippen LogP contribution in [-0.4, -0.2) is 55.0 Å². The predicted molar refractivity (Wildman–Crippen MR) is 89.9 cm³/mol. The second-order valence-electron chi connectivity index (χ2n) is 5.57. The molecule has 4 nitrogen and oxygen atoms in total. The van der Waals surface area contributed by atoms with Crippen molar-refractivity contribution in [1.82, 2.24) is 9.80 Å². The van der Waals surface area contributed by atoms with Crippen LogP contribution in [0.2, 0.25) is 10.0 Å². The second-order valence-corrected chi connectivity index (χ2v) is 6.42. The zero-order valence-corrected chi connectivity index (χ0v) is 14.5. The molecule has 0 N–H and O–H groups in total. The maximum Gasteiger partial charge on any atom is 0.263 e. The predicted octanol–water partition coefficient (Wildman–Crippen LogP) is 3.31. The molecule has 0 radical (unpaired) electrons. The van der Waals surface area contributed by atoms with Gasteiger partial charge in [-0.25, -0.2) is 0 Å². The smallest absolute Gasteiger partial charge is 0.263 e. The van der Waals surface area contributed by atoms with Gasteiger partial charge in [0, 0.05) is 30.7 Å². The number of benzene rings is 1. The minimum Gasteiger partial charge on any atom is -0.479 e. The van der Waals surface area contributed by atoms with Crippen LogP contribution in [0.1, 0.15) is 19.8 Å². The summed E-state index contributed by atoms with van der Waals surface area (Å²) in [6, 6.07) is 5.03. The summed E-state index contributed by atoms with van der Waals surface area (Å²) in [7, 11) is 2.08. The molecule has 22 heavy (non-hydrogen) atoms. The van der Waals surface area contributed by atoms with Crippen molar-refractivity contribution < 1.29 is 9.53 Å². The molecule has 6 heteroatoms. The molecule has 1 aliphatic rings. The fourth-order valence-corrected chi connectivity index (χ4v) is 2.82. The first-order chi connectivity index (χ1) is 10.5. The number of likely N-dealkylation sites (N-methyl/N-ethyl adjacent to an activating group) is 1. The van der Waals surface area contributed by atoms with Crippen LogP contribution in [-0.2, 0) is 4.79 Å². The lowest BCUT2D eigenvalue weighted by Gasteiger charge is -2.26. The summed E-state index contributed by atoms with van der Waals surface area (Å²) < 4.78 is 5.84. The molecule has 1 atom stereocenters. The van der Waals surface area contributed by atoms with Gasteiger partial charge in [0.05, 0.1) is 5.02 Å². The summed E-state index contributed by atoms with van der Waals surface area (Å²) in [5.41, 5.74) is 0. The maximum absolute atomic E-state index is 12.7. The molecule has 122 valence electrons. The van der Waals surface area contributed by atoms with Crippen LogP contribution in [0.3, 0.4) is 0 Å². The highest BCUT2D eigenvalue weighted by Gasteiger charge is 2.26. The summed E-state index contributed by atoms with van der Waals surface area (Å²) in [4.78, 5) is 16.8. The second kappa shape index (κ2) is 8.04. The Labute approximate surface area is 141 Å². The normalized spacial score (nSPS) is 17.9.